The summed E-state index contributed by atoms with van der Waals surface area (Å²) in [5.41, 5.74) is 3.26. The quantitative estimate of drug-likeness (QED) is 0.618. The molecule has 3 aromatic heterocycles. The lowest BCUT2D eigenvalue weighted by atomic mass is 9.88. The van der Waals surface area contributed by atoms with Crippen molar-refractivity contribution in [1.29, 1.82) is 0 Å². The molecule has 1 aliphatic heterocycles. The average molecular weight is 470 g/mol. The molecule has 1 aliphatic carbocycles. The van der Waals surface area contributed by atoms with Gasteiger partial charge in [0, 0.05) is 18.7 Å². The first-order valence-corrected chi connectivity index (χ1v) is 11.0. The van der Waals surface area contributed by atoms with Crippen molar-refractivity contribution in [3.8, 4) is 0 Å². The van der Waals surface area contributed by atoms with E-state index in [2.05, 4.69) is 30.2 Å². The van der Waals surface area contributed by atoms with Gasteiger partial charge in [-0.05, 0) is 37.5 Å². The van der Waals surface area contributed by atoms with Crippen molar-refractivity contribution in [1.82, 2.24) is 29.9 Å². The average Bonchev–Trinajstić information content (AvgIpc) is 3.24. The molecule has 1 saturated heterocycles. The second-order valence-electron chi connectivity index (χ2n) is 8.25. The lowest BCUT2D eigenvalue weighted by Crippen LogP contribution is -2.36. The van der Waals surface area contributed by atoms with Gasteiger partial charge >= 0.3 is 5.97 Å². The third-order valence-electron chi connectivity index (χ3n) is 6.14. The Morgan fingerprint density at radius 3 is 2.58 bits per heavy atom. The van der Waals surface area contributed by atoms with Crippen molar-refractivity contribution < 1.29 is 14.3 Å². The largest absolute Gasteiger partial charge is 0.481 e. The van der Waals surface area contributed by atoms with Gasteiger partial charge in [-0.15, -0.1) is 5.10 Å². The van der Waals surface area contributed by atoms with E-state index in [1.54, 1.807) is 31.6 Å². The summed E-state index contributed by atoms with van der Waals surface area (Å²) >= 11 is 5.87. The fraction of sp³-hybridized carbons (Fsp3) is 0.364. The minimum absolute atomic E-state index is 0.160. The molecular weight excluding hydrogens is 449 g/mol. The van der Waals surface area contributed by atoms with Gasteiger partial charge in [-0.2, -0.15) is 0 Å². The molecule has 9 nitrogen and oxygen atoms in total. The number of nitrogens with zero attached hydrogens (tertiary/aromatic N) is 7. The number of rotatable bonds is 4. The zero-order valence-electron chi connectivity index (χ0n) is 17.8. The van der Waals surface area contributed by atoms with Crippen molar-refractivity contribution >= 4 is 40.1 Å². The first kappa shape index (κ1) is 21.4. The summed E-state index contributed by atoms with van der Waals surface area (Å²) in [7, 11) is 0. The van der Waals surface area contributed by atoms with Gasteiger partial charge in [0.15, 0.2) is 0 Å². The third kappa shape index (κ3) is 4.06. The van der Waals surface area contributed by atoms with Gasteiger partial charge in [0.1, 0.15) is 23.1 Å². The summed E-state index contributed by atoms with van der Waals surface area (Å²) in [6.45, 7) is 3.31. The van der Waals surface area contributed by atoms with Crippen molar-refractivity contribution in [2.24, 2.45) is 5.92 Å². The van der Waals surface area contributed by atoms with Gasteiger partial charge < -0.3 is 10.0 Å². The predicted molar refractivity (Wildman–Crippen MR) is 121 cm³/mol. The number of alkyl halides is 1. The van der Waals surface area contributed by atoms with E-state index in [-0.39, 0.29) is 6.04 Å². The summed E-state index contributed by atoms with van der Waals surface area (Å²) in [5.74, 6) is -1.70. The molecule has 0 aromatic carbocycles. The molecule has 2 unspecified atom stereocenters. The molecular formula is C22H21ClFN7O2. The number of allylic oxidation sites excluding steroid dienone is 3. The Balaban J connectivity index is 1.34. The number of fused-ring (bicyclic) bond motifs is 1. The molecule has 1 fully saturated rings. The van der Waals surface area contributed by atoms with Crippen LogP contribution >= 0.6 is 11.6 Å². The number of carboxylic acids is 1. The minimum Gasteiger partial charge on any atom is -0.481 e. The molecule has 3 aromatic rings. The Bertz CT molecular complexity index is 1270. The molecule has 0 saturated carbocycles. The number of hydrogen-bond donors (Lipinski definition) is 1. The predicted octanol–water partition coefficient (Wildman–Crippen LogP) is 3.49. The Hall–Kier alpha value is -3.40. The summed E-state index contributed by atoms with van der Waals surface area (Å²) in [4.78, 5) is 26.4. The molecule has 2 atom stereocenters. The number of aliphatic carboxylic acids is 1. The molecule has 0 bridgehead atoms. The van der Waals surface area contributed by atoms with Crippen molar-refractivity contribution in [3.05, 3.63) is 53.1 Å². The lowest BCUT2D eigenvalue weighted by molar-refractivity contribution is -0.141. The maximum atomic E-state index is 14.4. The summed E-state index contributed by atoms with van der Waals surface area (Å²) in [6.07, 6.45) is 7.72. The number of halogens is 2. The van der Waals surface area contributed by atoms with Crippen LogP contribution in [0.3, 0.4) is 0 Å². The zero-order valence-corrected chi connectivity index (χ0v) is 18.5. The van der Waals surface area contributed by atoms with Crippen LogP contribution in [0.25, 0.3) is 16.6 Å². The zero-order chi connectivity index (χ0) is 23.1. The van der Waals surface area contributed by atoms with E-state index in [9.17, 15) is 14.3 Å². The van der Waals surface area contributed by atoms with Crippen LogP contribution < -0.4 is 4.90 Å². The van der Waals surface area contributed by atoms with Gasteiger partial charge in [0.2, 0.25) is 5.95 Å². The molecule has 11 heteroatoms. The van der Waals surface area contributed by atoms with Crippen molar-refractivity contribution in [2.45, 2.75) is 32.0 Å². The smallest absolute Gasteiger partial charge is 0.313 e. The lowest BCUT2D eigenvalue weighted by Gasteiger charge is -2.31. The van der Waals surface area contributed by atoms with Crippen molar-refractivity contribution in [2.75, 3.05) is 18.0 Å². The van der Waals surface area contributed by atoms with E-state index in [1.807, 2.05) is 4.68 Å². The third-order valence-corrected chi connectivity index (χ3v) is 6.34. The Morgan fingerprint density at radius 2 is 1.88 bits per heavy atom. The van der Waals surface area contributed by atoms with Crippen LogP contribution in [0.15, 0.2) is 42.4 Å². The van der Waals surface area contributed by atoms with Crippen molar-refractivity contribution in [3.63, 3.8) is 0 Å². The van der Waals surface area contributed by atoms with E-state index < -0.39 is 18.1 Å². The highest BCUT2D eigenvalue weighted by Crippen LogP contribution is 2.33. The van der Waals surface area contributed by atoms with Crippen LogP contribution in [-0.2, 0) is 4.79 Å². The summed E-state index contributed by atoms with van der Waals surface area (Å²) in [5, 5.41) is 18.4. The van der Waals surface area contributed by atoms with E-state index in [0.29, 0.717) is 33.3 Å². The van der Waals surface area contributed by atoms with Gasteiger partial charge in [0.25, 0.3) is 0 Å². The number of hydrogen-bond acceptors (Lipinski definition) is 7. The monoisotopic (exact) mass is 469 g/mol. The second-order valence-corrected chi connectivity index (χ2v) is 8.69. The number of pyridine rings is 1. The standard InChI is InChI=1S/C22H21ClFN7O2/c1-12-6-16(21(32)33)17(24)7-15(12)18-8-19-20(11-25-18)31(29-28-19)14-2-4-30(5-3-14)22-26-9-13(23)10-27-22/h6-11,14,16-17H,2-5H2,1H3,(H,32,33). The summed E-state index contributed by atoms with van der Waals surface area (Å²) < 4.78 is 16.3. The Labute approximate surface area is 193 Å². The van der Waals surface area contributed by atoms with E-state index >= 15 is 0 Å². The molecule has 5 rings (SSSR count). The van der Waals surface area contributed by atoms with Crippen LogP contribution in [0.2, 0.25) is 5.02 Å². The maximum Gasteiger partial charge on any atom is 0.313 e. The van der Waals surface area contributed by atoms with Crippen LogP contribution in [0, 0.1) is 5.92 Å². The van der Waals surface area contributed by atoms with Crippen LogP contribution in [0.1, 0.15) is 31.5 Å². The molecule has 0 amide bonds. The van der Waals surface area contributed by atoms with E-state index in [1.165, 1.54) is 12.2 Å². The van der Waals surface area contributed by atoms with Gasteiger partial charge in [0.05, 0.1) is 35.3 Å². The first-order chi connectivity index (χ1) is 15.9. The minimum atomic E-state index is -1.61. The van der Waals surface area contributed by atoms with E-state index in [0.717, 1.165) is 31.4 Å². The van der Waals surface area contributed by atoms with Gasteiger partial charge in [-0.1, -0.05) is 22.9 Å². The molecule has 4 heterocycles. The molecule has 0 radical (unpaired) electrons. The Morgan fingerprint density at radius 1 is 1.15 bits per heavy atom. The molecule has 0 spiro atoms. The molecule has 170 valence electrons. The van der Waals surface area contributed by atoms with Gasteiger partial charge in [-0.25, -0.2) is 19.0 Å². The van der Waals surface area contributed by atoms with E-state index in [4.69, 9.17) is 11.6 Å². The maximum absolute atomic E-state index is 14.4. The topological polar surface area (TPSA) is 110 Å². The highest BCUT2D eigenvalue weighted by Gasteiger charge is 2.30. The molecule has 1 N–H and O–H groups in total. The first-order valence-electron chi connectivity index (χ1n) is 10.6. The number of piperidine rings is 1. The Kier molecular flexibility index (Phi) is 5.53. The normalized spacial score (nSPS) is 21.7. The van der Waals surface area contributed by atoms with Gasteiger partial charge in [-0.3, -0.25) is 9.78 Å². The fourth-order valence-electron chi connectivity index (χ4n) is 4.38. The molecule has 2 aliphatic rings. The number of carbonyl (C=O) groups is 1. The SMILES string of the molecule is CC1=CC(C(=O)O)C(F)C=C1c1cc2nnn(C3CCN(c4ncc(Cl)cn4)CC3)c2cn1. The van der Waals surface area contributed by atoms with Crippen LogP contribution in [0.4, 0.5) is 10.3 Å². The number of carboxylic acid groups (broad SMARTS) is 1. The fourth-order valence-corrected chi connectivity index (χ4v) is 4.47. The summed E-state index contributed by atoms with van der Waals surface area (Å²) in [6, 6.07) is 1.93. The highest BCUT2D eigenvalue weighted by atomic mass is 35.5. The number of anilines is 1. The molecule has 33 heavy (non-hydrogen) atoms. The second kappa shape index (κ2) is 8.51. The van der Waals surface area contributed by atoms with Crippen LogP contribution in [-0.4, -0.2) is 60.3 Å². The number of aromatic nitrogens is 6. The van der Waals surface area contributed by atoms with Crippen LogP contribution in [0.5, 0.6) is 0 Å². The highest BCUT2D eigenvalue weighted by molar-refractivity contribution is 6.30.